The number of barbiturate groups is 1. The average molecular weight is 426 g/mol. The summed E-state index contributed by atoms with van der Waals surface area (Å²) in [5.41, 5.74) is 0.419. The lowest BCUT2D eigenvalue weighted by Crippen LogP contribution is -2.54. The Morgan fingerprint density at radius 1 is 1.00 bits per heavy atom. The van der Waals surface area contributed by atoms with E-state index < -0.39 is 17.8 Å². The van der Waals surface area contributed by atoms with Gasteiger partial charge in [0.2, 0.25) is 0 Å². The molecule has 0 saturated carbocycles. The van der Waals surface area contributed by atoms with Crippen molar-refractivity contribution in [1.29, 1.82) is 0 Å². The molecule has 138 valence electrons. The van der Waals surface area contributed by atoms with Crippen molar-refractivity contribution in [3.05, 3.63) is 62.6 Å². The van der Waals surface area contributed by atoms with Gasteiger partial charge in [0.05, 0.1) is 22.8 Å². The second kappa shape index (κ2) is 7.60. The van der Waals surface area contributed by atoms with Gasteiger partial charge in [-0.25, -0.2) is 9.69 Å². The predicted octanol–water partition coefficient (Wildman–Crippen LogP) is 4.32. The van der Waals surface area contributed by atoms with Gasteiger partial charge in [-0.3, -0.25) is 14.9 Å². The molecule has 2 aromatic carbocycles. The van der Waals surface area contributed by atoms with Crippen LogP contribution in [0.2, 0.25) is 15.1 Å². The molecule has 6 nitrogen and oxygen atoms in total. The Kier molecular flexibility index (Phi) is 5.41. The number of methoxy groups -OCH3 is 1. The fourth-order valence-corrected chi connectivity index (χ4v) is 3.29. The fourth-order valence-electron chi connectivity index (χ4n) is 2.51. The number of amides is 4. The van der Waals surface area contributed by atoms with E-state index in [1.165, 1.54) is 49.6 Å². The second-order valence-electron chi connectivity index (χ2n) is 5.45. The largest absolute Gasteiger partial charge is 0.494 e. The molecule has 1 heterocycles. The summed E-state index contributed by atoms with van der Waals surface area (Å²) >= 11 is 18.0. The first-order valence-electron chi connectivity index (χ1n) is 7.52. The summed E-state index contributed by atoms with van der Waals surface area (Å²) in [4.78, 5) is 38.0. The Morgan fingerprint density at radius 2 is 1.59 bits per heavy atom. The Labute approximate surface area is 169 Å². The van der Waals surface area contributed by atoms with Crippen molar-refractivity contribution in [2.45, 2.75) is 0 Å². The Hall–Kier alpha value is -2.54. The van der Waals surface area contributed by atoms with E-state index >= 15 is 0 Å². The minimum Gasteiger partial charge on any atom is -0.494 e. The standard InChI is InChI=1S/C18H11Cl3N2O4/c1-27-15-13(20)7-9(8-14(15)21)6-12-16(24)22-18(26)23(17(12)25)11-4-2-10(19)3-5-11/h2-8H,1H3,(H,22,24,26)/b12-6+. The maximum absolute atomic E-state index is 12.8. The van der Waals surface area contributed by atoms with Crippen LogP contribution in [0.3, 0.4) is 0 Å². The van der Waals surface area contributed by atoms with Crippen LogP contribution in [0, 0.1) is 0 Å². The molecule has 1 fully saturated rings. The summed E-state index contributed by atoms with van der Waals surface area (Å²) in [7, 11) is 1.42. The molecule has 0 aromatic heterocycles. The van der Waals surface area contributed by atoms with Gasteiger partial charge in [0.1, 0.15) is 5.57 Å². The monoisotopic (exact) mass is 424 g/mol. The molecular formula is C18H11Cl3N2O4. The number of urea groups is 1. The minimum atomic E-state index is -0.852. The van der Waals surface area contributed by atoms with Gasteiger partial charge in [-0.2, -0.15) is 0 Å². The first-order valence-corrected chi connectivity index (χ1v) is 8.65. The highest BCUT2D eigenvalue weighted by atomic mass is 35.5. The normalized spacial score (nSPS) is 15.9. The highest BCUT2D eigenvalue weighted by Gasteiger charge is 2.36. The predicted molar refractivity (Wildman–Crippen MR) is 103 cm³/mol. The molecule has 1 aliphatic rings. The third-order valence-corrected chi connectivity index (χ3v) is 4.54. The van der Waals surface area contributed by atoms with E-state index in [0.29, 0.717) is 10.6 Å². The molecule has 1 saturated heterocycles. The Morgan fingerprint density at radius 3 is 2.15 bits per heavy atom. The molecule has 27 heavy (non-hydrogen) atoms. The van der Waals surface area contributed by atoms with E-state index in [1.807, 2.05) is 0 Å². The maximum atomic E-state index is 12.8. The molecule has 2 aromatic rings. The van der Waals surface area contributed by atoms with E-state index in [2.05, 4.69) is 5.32 Å². The van der Waals surface area contributed by atoms with E-state index in [0.717, 1.165) is 4.90 Å². The number of hydrogen-bond donors (Lipinski definition) is 1. The van der Waals surface area contributed by atoms with Crippen LogP contribution in [0.4, 0.5) is 10.5 Å². The number of ether oxygens (including phenoxy) is 1. The third-order valence-electron chi connectivity index (χ3n) is 3.72. The molecule has 0 atom stereocenters. The quantitative estimate of drug-likeness (QED) is 0.587. The van der Waals surface area contributed by atoms with Gasteiger partial charge in [-0.05, 0) is 48.0 Å². The smallest absolute Gasteiger partial charge is 0.335 e. The van der Waals surface area contributed by atoms with Crippen LogP contribution in [-0.4, -0.2) is 25.0 Å². The minimum absolute atomic E-state index is 0.214. The SMILES string of the molecule is COc1c(Cl)cc(/C=C2\C(=O)NC(=O)N(c3ccc(Cl)cc3)C2=O)cc1Cl. The van der Waals surface area contributed by atoms with Gasteiger partial charge in [-0.15, -0.1) is 0 Å². The maximum Gasteiger partial charge on any atom is 0.335 e. The van der Waals surface area contributed by atoms with E-state index in [9.17, 15) is 14.4 Å². The number of anilines is 1. The van der Waals surface area contributed by atoms with E-state index in [4.69, 9.17) is 39.5 Å². The average Bonchev–Trinajstić information content (AvgIpc) is 2.60. The topological polar surface area (TPSA) is 75.7 Å². The van der Waals surface area contributed by atoms with Crippen LogP contribution < -0.4 is 15.0 Å². The summed E-state index contributed by atoms with van der Waals surface area (Å²) in [6.45, 7) is 0. The molecule has 9 heteroatoms. The summed E-state index contributed by atoms with van der Waals surface area (Å²) in [5.74, 6) is -1.33. The lowest BCUT2D eigenvalue weighted by molar-refractivity contribution is -0.122. The summed E-state index contributed by atoms with van der Waals surface area (Å²) < 4.78 is 5.07. The van der Waals surface area contributed by atoms with Crippen molar-refractivity contribution >= 4 is 64.4 Å². The third kappa shape index (κ3) is 3.78. The van der Waals surface area contributed by atoms with Crippen molar-refractivity contribution in [2.24, 2.45) is 0 Å². The number of rotatable bonds is 3. The van der Waals surface area contributed by atoms with E-state index in [-0.39, 0.29) is 27.1 Å². The molecule has 1 N–H and O–H groups in total. The fraction of sp³-hybridized carbons (Fsp3) is 0.0556. The van der Waals surface area contributed by atoms with Gasteiger partial charge in [-0.1, -0.05) is 34.8 Å². The zero-order valence-corrected chi connectivity index (χ0v) is 16.0. The molecule has 0 bridgehead atoms. The molecule has 0 aliphatic carbocycles. The number of benzene rings is 2. The highest BCUT2D eigenvalue weighted by molar-refractivity contribution is 6.40. The van der Waals surface area contributed by atoms with Crippen LogP contribution in [0.5, 0.6) is 5.75 Å². The van der Waals surface area contributed by atoms with Crippen LogP contribution >= 0.6 is 34.8 Å². The number of nitrogens with zero attached hydrogens (tertiary/aromatic N) is 1. The molecule has 1 aliphatic heterocycles. The zero-order chi connectivity index (χ0) is 19.7. The summed E-state index contributed by atoms with van der Waals surface area (Å²) in [6, 6.07) is 8.17. The van der Waals surface area contributed by atoms with Crippen molar-refractivity contribution in [1.82, 2.24) is 5.32 Å². The lowest BCUT2D eigenvalue weighted by Gasteiger charge is -2.26. The Bertz CT molecular complexity index is 964. The van der Waals surface area contributed by atoms with Crippen molar-refractivity contribution in [2.75, 3.05) is 12.0 Å². The van der Waals surface area contributed by atoms with Gasteiger partial charge < -0.3 is 4.74 Å². The van der Waals surface area contributed by atoms with Gasteiger partial charge in [0.25, 0.3) is 11.8 Å². The van der Waals surface area contributed by atoms with Gasteiger partial charge >= 0.3 is 6.03 Å². The lowest BCUT2D eigenvalue weighted by atomic mass is 10.1. The number of halogens is 3. The highest BCUT2D eigenvalue weighted by Crippen LogP contribution is 2.34. The zero-order valence-electron chi connectivity index (χ0n) is 13.8. The number of carbonyl (C=O) groups excluding carboxylic acids is 3. The first-order chi connectivity index (χ1) is 12.8. The molecule has 3 rings (SSSR count). The van der Waals surface area contributed by atoms with Crippen molar-refractivity contribution in [3.8, 4) is 5.75 Å². The number of imide groups is 2. The van der Waals surface area contributed by atoms with Crippen molar-refractivity contribution in [3.63, 3.8) is 0 Å². The summed E-state index contributed by atoms with van der Waals surface area (Å²) in [6.07, 6.45) is 1.30. The molecule has 0 unspecified atom stereocenters. The molecule has 0 radical (unpaired) electrons. The van der Waals surface area contributed by atoms with Crippen molar-refractivity contribution < 1.29 is 19.1 Å². The van der Waals surface area contributed by atoms with Crippen LogP contribution in [-0.2, 0) is 9.59 Å². The molecular weight excluding hydrogens is 415 g/mol. The van der Waals surface area contributed by atoms with Crippen LogP contribution in [0.1, 0.15) is 5.56 Å². The number of nitrogens with one attached hydrogen (secondary N) is 1. The van der Waals surface area contributed by atoms with Gasteiger partial charge in [0.15, 0.2) is 5.75 Å². The molecule has 4 amide bonds. The second-order valence-corrected chi connectivity index (χ2v) is 6.70. The van der Waals surface area contributed by atoms with Crippen LogP contribution in [0.15, 0.2) is 42.0 Å². The van der Waals surface area contributed by atoms with Gasteiger partial charge in [0, 0.05) is 5.02 Å². The van der Waals surface area contributed by atoms with E-state index in [1.54, 1.807) is 0 Å². The van der Waals surface area contributed by atoms with Crippen LogP contribution in [0.25, 0.3) is 6.08 Å². The Balaban J connectivity index is 2.03. The number of carbonyl (C=O) groups is 3. The number of hydrogen-bond acceptors (Lipinski definition) is 4. The molecule has 0 spiro atoms. The summed E-state index contributed by atoms with van der Waals surface area (Å²) in [5, 5.41) is 3.00. The first kappa shape index (κ1) is 19.2.